The van der Waals surface area contributed by atoms with E-state index in [1.165, 1.54) is 6.07 Å². The zero-order valence-corrected chi connectivity index (χ0v) is 13.5. The van der Waals surface area contributed by atoms with Gasteiger partial charge in [0, 0.05) is 5.76 Å². The van der Waals surface area contributed by atoms with Gasteiger partial charge < -0.3 is 13.8 Å². The molecule has 0 fully saturated rings. The summed E-state index contributed by atoms with van der Waals surface area (Å²) in [4.78, 5) is 11.8. The molecular weight excluding hydrogens is 267 g/mol. The molecule has 1 aromatic rings. The summed E-state index contributed by atoms with van der Waals surface area (Å²) in [5.41, 5.74) is 0. The first kappa shape index (κ1) is 17.9. The Bertz CT molecular complexity index is 491. The van der Waals surface area contributed by atoms with Gasteiger partial charge in [-0.3, -0.25) is 0 Å². The summed E-state index contributed by atoms with van der Waals surface area (Å²) in [5.74, 6) is -0.522. The van der Waals surface area contributed by atoms with E-state index in [1.807, 2.05) is 6.92 Å². The van der Waals surface area contributed by atoms with Crippen molar-refractivity contribution in [2.24, 2.45) is 0 Å². The van der Waals surface area contributed by atoms with E-state index in [4.69, 9.17) is 4.42 Å². The van der Waals surface area contributed by atoms with Crippen LogP contribution in [0.15, 0.2) is 10.5 Å². The van der Waals surface area contributed by atoms with Crippen molar-refractivity contribution in [2.45, 2.75) is 38.4 Å². The van der Waals surface area contributed by atoms with E-state index < -0.39 is 21.2 Å². The Kier molecular flexibility index (Phi) is 7.39. The van der Waals surface area contributed by atoms with Crippen LogP contribution in [0.5, 0.6) is 0 Å². The van der Waals surface area contributed by atoms with Gasteiger partial charge in [0.2, 0.25) is 0 Å². The quantitative estimate of drug-likeness (QED) is 0.279. The summed E-state index contributed by atoms with van der Waals surface area (Å²) in [6.07, 6.45) is 1.24. The van der Waals surface area contributed by atoms with Gasteiger partial charge in [-0.05, 0) is 19.1 Å². The summed E-state index contributed by atoms with van der Waals surface area (Å²) in [6.45, 7) is 3.44. The predicted molar refractivity (Wildman–Crippen MR) is 59.6 cm³/mol. The minimum absolute atomic E-state index is 0. The van der Waals surface area contributed by atoms with Crippen molar-refractivity contribution in [3.05, 3.63) is 23.7 Å². The van der Waals surface area contributed by atoms with Crippen LogP contribution in [0.2, 0.25) is 0 Å². The number of carbonyl (C=O) groups is 1. The molecule has 7 heteroatoms. The Labute approximate surface area is 129 Å². The van der Waals surface area contributed by atoms with E-state index in [0.717, 1.165) is 0 Å². The second-order valence-corrected chi connectivity index (χ2v) is 5.35. The molecule has 0 radical (unpaired) electrons. The van der Waals surface area contributed by atoms with Gasteiger partial charge in [0.05, 0.1) is 5.25 Å². The average Bonchev–Trinajstić information content (AvgIpc) is 2.63. The Morgan fingerprint density at radius 1 is 1.56 bits per heavy atom. The summed E-state index contributed by atoms with van der Waals surface area (Å²) in [6, 6.07) is 3.89. The van der Waals surface area contributed by atoms with Crippen LogP contribution in [0, 0.1) is 13.0 Å². The van der Waals surface area contributed by atoms with Crippen molar-refractivity contribution < 1.29 is 51.7 Å². The van der Waals surface area contributed by atoms with Crippen molar-refractivity contribution >= 4 is 15.9 Å². The maximum atomic E-state index is 11.8. The van der Waals surface area contributed by atoms with Gasteiger partial charge in [-0.25, -0.2) is 14.5 Å². The second-order valence-electron chi connectivity index (χ2n) is 3.80. The van der Waals surface area contributed by atoms with Crippen molar-refractivity contribution in [2.75, 3.05) is 0 Å². The van der Waals surface area contributed by atoms with Crippen molar-refractivity contribution in [1.82, 2.24) is 0 Å². The number of hydrogen-bond donors (Lipinski definition) is 0. The smallest absolute Gasteiger partial charge is 0.747 e. The zero-order chi connectivity index (χ0) is 13.1. The molecule has 1 aromatic heterocycles. The molecule has 1 rings (SSSR count). The number of carbonyl (C=O) groups excluding carboxylic acids is 1. The third kappa shape index (κ3) is 4.85. The van der Waals surface area contributed by atoms with E-state index in [9.17, 15) is 17.8 Å². The molecule has 0 bridgehead atoms. The van der Waals surface area contributed by atoms with Crippen LogP contribution >= 0.6 is 0 Å². The largest absolute Gasteiger partial charge is 1.00 e. The molecule has 96 valence electrons. The molecule has 1 atom stereocenters. The van der Waals surface area contributed by atoms with Crippen LogP contribution in [-0.2, 0) is 10.1 Å². The number of hydrogen-bond acceptors (Lipinski definition) is 5. The summed E-state index contributed by atoms with van der Waals surface area (Å²) < 4.78 is 38.1. The molecule has 1 heterocycles. The van der Waals surface area contributed by atoms with E-state index >= 15 is 0 Å². The summed E-state index contributed by atoms with van der Waals surface area (Å²) in [5, 5.41) is -1.55. The number of aryl methyl sites for hydroxylation is 1. The van der Waals surface area contributed by atoms with Crippen LogP contribution in [0.1, 0.15) is 42.5 Å². The zero-order valence-electron chi connectivity index (χ0n) is 10.7. The third-order valence-electron chi connectivity index (χ3n) is 2.37. The summed E-state index contributed by atoms with van der Waals surface area (Å²) in [7, 11) is -4.65. The normalized spacial score (nSPS) is 12.8. The van der Waals surface area contributed by atoms with Gasteiger partial charge in [-0.15, -0.1) is 0 Å². The standard InChI is InChI=1S/C11H15O5S.Na/c1-3-4-5-10(17(13,14)15)11(12)9-7-6-8(2)16-9;/h7,10H,3-5H2,1-2H3,(H,13,14,15);/q-1;+1/p-1. The van der Waals surface area contributed by atoms with Gasteiger partial charge in [0.25, 0.3) is 0 Å². The van der Waals surface area contributed by atoms with E-state index in [0.29, 0.717) is 18.6 Å². The fourth-order valence-corrected chi connectivity index (χ4v) is 2.30. The number of furan rings is 1. The summed E-state index contributed by atoms with van der Waals surface area (Å²) >= 11 is 0. The van der Waals surface area contributed by atoms with Gasteiger partial charge in [0.1, 0.15) is 15.9 Å². The van der Waals surface area contributed by atoms with E-state index in [1.54, 1.807) is 6.92 Å². The van der Waals surface area contributed by atoms with Crippen LogP contribution in [0.3, 0.4) is 0 Å². The van der Waals surface area contributed by atoms with Crippen LogP contribution in [0.4, 0.5) is 0 Å². The molecule has 0 saturated carbocycles. The fraction of sp³-hybridized carbons (Fsp3) is 0.545. The van der Waals surface area contributed by atoms with Gasteiger partial charge in [0.15, 0.2) is 0 Å². The Morgan fingerprint density at radius 3 is 2.56 bits per heavy atom. The molecule has 0 aliphatic rings. The Morgan fingerprint density at radius 2 is 2.17 bits per heavy atom. The molecule has 18 heavy (non-hydrogen) atoms. The molecular formula is C11H14NaO5S-. The molecule has 0 spiro atoms. The number of Topliss-reactive ketones (excluding diaryl/α,β-unsaturated/α-hetero) is 1. The molecule has 5 nitrogen and oxygen atoms in total. The molecule has 0 aliphatic heterocycles. The first-order valence-corrected chi connectivity index (χ1v) is 6.80. The SMILES string of the molecule is CCCCC(C(=O)c1c[c-]c(C)o1)S(=O)(=O)[O-].[Na+]. The van der Waals surface area contributed by atoms with E-state index in [2.05, 4.69) is 6.07 Å². The monoisotopic (exact) mass is 281 g/mol. The van der Waals surface area contributed by atoms with Gasteiger partial charge in [-0.1, -0.05) is 19.8 Å². The Hall–Kier alpha value is -0.140. The van der Waals surface area contributed by atoms with Crippen molar-refractivity contribution in [3.63, 3.8) is 0 Å². The number of unbranched alkanes of at least 4 members (excludes halogenated alkanes) is 1. The van der Waals surface area contributed by atoms with Crippen molar-refractivity contribution in [1.29, 1.82) is 0 Å². The Balaban J connectivity index is 0.00000289. The third-order valence-corrected chi connectivity index (χ3v) is 3.52. The van der Waals surface area contributed by atoms with Crippen LogP contribution < -0.4 is 29.6 Å². The fourth-order valence-electron chi connectivity index (χ4n) is 1.47. The second kappa shape index (κ2) is 7.45. The molecule has 1 unspecified atom stereocenters. The number of rotatable bonds is 6. The maximum absolute atomic E-state index is 11.8. The average molecular weight is 281 g/mol. The molecule has 0 aliphatic carbocycles. The molecule has 0 N–H and O–H groups in total. The van der Waals surface area contributed by atoms with E-state index in [-0.39, 0.29) is 41.7 Å². The topological polar surface area (TPSA) is 87.4 Å². The van der Waals surface area contributed by atoms with Crippen LogP contribution in [0.25, 0.3) is 0 Å². The minimum atomic E-state index is -4.65. The van der Waals surface area contributed by atoms with Gasteiger partial charge in [-0.2, -0.15) is 6.07 Å². The first-order chi connectivity index (χ1) is 7.86. The molecule has 0 amide bonds. The molecule has 0 aromatic carbocycles. The first-order valence-electron chi connectivity index (χ1n) is 5.33. The predicted octanol–water partition coefficient (Wildman–Crippen LogP) is -1.32. The van der Waals surface area contributed by atoms with Crippen molar-refractivity contribution in [3.8, 4) is 0 Å². The minimum Gasteiger partial charge on any atom is -0.747 e. The molecule has 0 saturated heterocycles. The van der Waals surface area contributed by atoms with Gasteiger partial charge >= 0.3 is 29.6 Å². The van der Waals surface area contributed by atoms with Crippen LogP contribution in [-0.4, -0.2) is 24.0 Å². The number of ketones is 1. The maximum Gasteiger partial charge on any atom is 1.00 e.